The van der Waals surface area contributed by atoms with Gasteiger partial charge in [0, 0.05) is 12.8 Å². The molecule has 3 rings (SSSR count). The normalized spacial score (nSPS) is 22.4. The summed E-state index contributed by atoms with van der Waals surface area (Å²) in [5.74, 6) is 0. The lowest BCUT2D eigenvalue weighted by molar-refractivity contribution is -0.929. The molecule has 21 heavy (non-hydrogen) atoms. The van der Waals surface area contributed by atoms with E-state index in [2.05, 4.69) is 24.2 Å². The maximum Gasteiger partial charge on any atom is 0.207 e. The molecule has 2 aromatic rings. The van der Waals surface area contributed by atoms with Crippen molar-refractivity contribution in [3.05, 3.63) is 40.9 Å². The average molecular weight is 305 g/mol. The Morgan fingerprint density at radius 2 is 2.05 bits per heavy atom. The van der Waals surface area contributed by atoms with Crippen molar-refractivity contribution in [1.29, 1.82) is 0 Å². The van der Waals surface area contributed by atoms with Crippen LogP contribution in [0, 0.1) is 11.7 Å². The number of nitrogens with one attached hydrogen (secondary N) is 1. The van der Waals surface area contributed by atoms with Gasteiger partial charge in [-0.2, -0.15) is 9.78 Å². The lowest BCUT2D eigenvalue weighted by atomic mass is 10.1. The first kappa shape index (κ1) is 14.4. The molecule has 0 amide bonds. The molecule has 2 N–H and O–H groups in total. The highest BCUT2D eigenvalue weighted by atomic mass is 32.1. The molecule has 1 aromatic carbocycles. The molecule has 0 aliphatic carbocycles. The van der Waals surface area contributed by atoms with E-state index in [1.165, 1.54) is 10.5 Å². The molecule has 1 aromatic heterocycles. The topological polar surface area (TPSA) is 47.4 Å². The van der Waals surface area contributed by atoms with Crippen molar-refractivity contribution < 1.29 is 10.0 Å². The van der Waals surface area contributed by atoms with Gasteiger partial charge in [-0.25, -0.2) is 0 Å². The summed E-state index contributed by atoms with van der Waals surface area (Å²) in [6.45, 7) is 4.79. The predicted octanol–water partition coefficient (Wildman–Crippen LogP) is 0.709. The summed E-state index contributed by atoms with van der Waals surface area (Å²) in [5.41, 5.74) is 2.26. The Morgan fingerprint density at radius 3 is 2.76 bits per heavy atom. The van der Waals surface area contributed by atoms with Crippen LogP contribution < -0.4 is 4.90 Å². The molecule has 1 fully saturated rings. The van der Waals surface area contributed by atoms with Gasteiger partial charge in [0.15, 0.2) is 6.67 Å². The second kappa shape index (κ2) is 6.09. The van der Waals surface area contributed by atoms with Crippen LogP contribution in [0.3, 0.4) is 0 Å². The zero-order valence-corrected chi connectivity index (χ0v) is 13.0. The number of nitrogens with zero attached hydrogens (tertiary/aromatic N) is 3. The van der Waals surface area contributed by atoms with Crippen LogP contribution in [0.25, 0.3) is 5.69 Å². The van der Waals surface area contributed by atoms with Crippen molar-refractivity contribution >= 4 is 12.2 Å². The van der Waals surface area contributed by atoms with Gasteiger partial charge in [-0.3, -0.25) is 4.57 Å². The van der Waals surface area contributed by atoms with Crippen molar-refractivity contribution in [1.82, 2.24) is 14.3 Å². The molecule has 5 nitrogen and oxygen atoms in total. The van der Waals surface area contributed by atoms with Crippen LogP contribution in [-0.2, 0) is 6.67 Å². The van der Waals surface area contributed by atoms with Crippen LogP contribution in [0.5, 0.6) is 0 Å². The van der Waals surface area contributed by atoms with Gasteiger partial charge in [-0.1, -0.05) is 18.2 Å². The molecule has 1 aliphatic heterocycles. The van der Waals surface area contributed by atoms with E-state index in [1.54, 1.807) is 6.33 Å². The molecule has 0 spiro atoms. The summed E-state index contributed by atoms with van der Waals surface area (Å²) in [5, 5.41) is 14.0. The molecule has 2 heterocycles. The van der Waals surface area contributed by atoms with Crippen LogP contribution >= 0.6 is 12.2 Å². The number of aryl methyl sites for hydroxylation is 1. The number of quaternary nitrogens is 1. The van der Waals surface area contributed by atoms with Gasteiger partial charge in [0.2, 0.25) is 4.77 Å². The Morgan fingerprint density at radius 1 is 1.33 bits per heavy atom. The lowest BCUT2D eigenvalue weighted by Gasteiger charge is -2.26. The molecular formula is C15H21N4OS+. The van der Waals surface area contributed by atoms with Crippen molar-refractivity contribution in [3.63, 3.8) is 0 Å². The Labute approximate surface area is 129 Å². The number of aliphatic hydroxyl groups excluding tert-OH is 1. The van der Waals surface area contributed by atoms with E-state index in [-0.39, 0.29) is 6.10 Å². The SMILES string of the molecule is Cc1ccccc1-n1cnn(C[NH+]2CCC(O)CC2)c1=S. The van der Waals surface area contributed by atoms with E-state index in [9.17, 15) is 5.11 Å². The average Bonchev–Trinajstić information content (AvgIpc) is 2.83. The highest BCUT2D eigenvalue weighted by molar-refractivity contribution is 7.71. The minimum Gasteiger partial charge on any atom is -0.393 e. The smallest absolute Gasteiger partial charge is 0.207 e. The molecule has 112 valence electrons. The minimum absolute atomic E-state index is 0.133. The van der Waals surface area contributed by atoms with Gasteiger partial charge in [0.05, 0.1) is 24.9 Å². The molecule has 0 saturated carbocycles. The van der Waals surface area contributed by atoms with E-state index in [0.717, 1.165) is 43.1 Å². The van der Waals surface area contributed by atoms with Crippen LogP contribution in [0.4, 0.5) is 0 Å². The first-order valence-electron chi connectivity index (χ1n) is 7.37. The maximum atomic E-state index is 9.57. The molecule has 0 bridgehead atoms. The fraction of sp³-hybridized carbons (Fsp3) is 0.467. The van der Waals surface area contributed by atoms with Crippen LogP contribution in [0.1, 0.15) is 18.4 Å². The zero-order chi connectivity index (χ0) is 14.8. The van der Waals surface area contributed by atoms with Crippen LogP contribution in [0.15, 0.2) is 30.6 Å². The molecule has 0 atom stereocenters. The largest absolute Gasteiger partial charge is 0.393 e. The number of rotatable bonds is 3. The third-order valence-corrected chi connectivity index (χ3v) is 4.55. The number of hydrogen-bond donors (Lipinski definition) is 2. The van der Waals surface area contributed by atoms with Gasteiger partial charge < -0.3 is 10.0 Å². The van der Waals surface area contributed by atoms with Crippen molar-refractivity contribution in [3.8, 4) is 5.69 Å². The van der Waals surface area contributed by atoms with E-state index >= 15 is 0 Å². The Kier molecular flexibility index (Phi) is 4.19. The Bertz CT molecular complexity index is 670. The Hall–Kier alpha value is -1.50. The number of likely N-dealkylation sites (tertiary alicyclic amines) is 1. The van der Waals surface area contributed by atoms with Gasteiger partial charge in [-0.05, 0) is 30.8 Å². The monoisotopic (exact) mass is 305 g/mol. The van der Waals surface area contributed by atoms with Crippen molar-refractivity contribution in [2.45, 2.75) is 32.5 Å². The summed E-state index contributed by atoms with van der Waals surface area (Å²) in [4.78, 5) is 1.42. The van der Waals surface area contributed by atoms with Gasteiger partial charge in [0.25, 0.3) is 0 Å². The van der Waals surface area contributed by atoms with E-state index in [4.69, 9.17) is 12.2 Å². The molecule has 6 heteroatoms. The number of para-hydroxylation sites is 1. The molecular weight excluding hydrogens is 284 g/mol. The summed E-state index contributed by atoms with van der Waals surface area (Å²) >= 11 is 5.56. The quantitative estimate of drug-likeness (QED) is 0.821. The number of hydrogen-bond acceptors (Lipinski definition) is 3. The van der Waals surface area contributed by atoms with Crippen molar-refractivity contribution in [2.24, 2.45) is 0 Å². The number of aromatic nitrogens is 3. The molecule has 1 aliphatic rings. The molecule has 1 saturated heterocycles. The zero-order valence-electron chi connectivity index (χ0n) is 12.2. The van der Waals surface area contributed by atoms with Gasteiger partial charge in [-0.15, -0.1) is 0 Å². The molecule has 0 radical (unpaired) electrons. The highest BCUT2D eigenvalue weighted by Gasteiger charge is 2.21. The fourth-order valence-electron chi connectivity index (χ4n) is 2.83. The highest BCUT2D eigenvalue weighted by Crippen LogP contribution is 2.13. The van der Waals surface area contributed by atoms with Gasteiger partial charge >= 0.3 is 0 Å². The summed E-state index contributed by atoms with van der Waals surface area (Å²) in [6, 6.07) is 8.17. The number of piperidine rings is 1. The van der Waals surface area contributed by atoms with Crippen molar-refractivity contribution in [2.75, 3.05) is 13.1 Å². The first-order valence-corrected chi connectivity index (χ1v) is 7.78. The fourth-order valence-corrected chi connectivity index (χ4v) is 3.08. The predicted molar refractivity (Wildman–Crippen MR) is 83.1 cm³/mol. The second-order valence-corrected chi connectivity index (χ2v) is 6.07. The third-order valence-electron chi connectivity index (χ3n) is 4.14. The molecule has 0 unspecified atom stereocenters. The lowest BCUT2D eigenvalue weighted by Crippen LogP contribution is -3.12. The van der Waals surface area contributed by atoms with Crippen LogP contribution in [0.2, 0.25) is 0 Å². The number of benzene rings is 1. The Balaban J connectivity index is 1.80. The third kappa shape index (κ3) is 3.07. The van der Waals surface area contributed by atoms with E-state index < -0.39 is 0 Å². The van der Waals surface area contributed by atoms with E-state index in [0.29, 0.717) is 0 Å². The summed E-state index contributed by atoms with van der Waals surface area (Å²) in [7, 11) is 0. The summed E-state index contributed by atoms with van der Waals surface area (Å²) in [6.07, 6.45) is 3.39. The summed E-state index contributed by atoms with van der Waals surface area (Å²) < 4.78 is 4.57. The first-order chi connectivity index (χ1) is 10.1. The second-order valence-electron chi connectivity index (χ2n) is 5.71. The minimum atomic E-state index is -0.133. The van der Waals surface area contributed by atoms with Gasteiger partial charge in [0.1, 0.15) is 6.33 Å². The number of aliphatic hydroxyl groups is 1. The standard InChI is InChI=1S/C15H20N4OS/c1-12-4-2-3-5-14(12)18-10-16-19(15(18)21)11-17-8-6-13(20)7-9-17/h2-5,10,13,20H,6-9,11H2,1H3/p+1. The maximum absolute atomic E-state index is 9.57. The van der Waals surface area contributed by atoms with Crippen LogP contribution in [-0.4, -0.2) is 38.6 Å². The van der Waals surface area contributed by atoms with E-state index in [1.807, 2.05) is 21.4 Å².